The molecule has 2 fully saturated rings. The molecular formula is C21H27N6O18P3. The molecule has 0 spiro atoms. The number of nitrogens with two attached hydrogens (primary N) is 1. The first-order valence-electron chi connectivity index (χ1n) is 13.3. The number of aliphatic hydroxyl groups is 3. The Kier molecular flexibility index (Phi) is 10.5. The summed E-state index contributed by atoms with van der Waals surface area (Å²) in [7, 11) is -16.6. The Labute approximate surface area is 267 Å². The number of phosphoric acid groups is 3. The zero-order valence-corrected chi connectivity index (χ0v) is 26.5. The minimum absolute atomic E-state index is 0.0145. The molecule has 0 amide bonds. The number of anilines is 1. The van der Waals surface area contributed by atoms with Crippen LogP contribution in [0.1, 0.15) is 22.8 Å². The molecular weight excluding hydrogens is 717 g/mol. The highest BCUT2D eigenvalue weighted by molar-refractivity contribution is 7.60. The molecule has 0 aromatic carbocycles. The van der Waals surface area contributed by atoms with Gasteiger partial charge in [-0.2, -0.15) is 4.57 Å². The average Bonchev–Trinajstić information content (AvgIpc) is 3.64. The number of aromatic nitrogens is 5. The van der Waals surface area contributed by atoms with E-state index in [2.05, 4.69) is 32.8 Å². The number of carboxylic acid groups (broad SMARTS) is 1. The van der Waals surface area contributed by atoms with Crippen molar-refractivity contribution in [1.29, 1.82) is 0 Å². The second kappa shape index (κ2) is 13.8. The Balaban J connectivity index is 1.21. The molecule has 27 heteroatoms. The molecule has 3 aromatic rings. The van der Waals surface area contributed by atoms with Crippen LogP contribution in [0.5, 0.6) is 0 Å². The summed E-state index contributed by atoms with van der Waals surface area (Å²) in [4.78, 5) is 64.1. The van der Waals surface area contributed by atoms with Crippen molar-refractivity contribution in [3.63, 3.8) is 0 Å². The van der Waals surface area contributed by atoms with Crippen molar-refractivity contribution in [2.24, 2.45) is 0 Å². The van der Waals surface area contributed by atoms with Crippen molar-refractivity contribution in [3.8, 4) is 0 Å². The molecule has 0 aliphatic carbocycles. The van der Waals surface area contributed by atoms with E-state index in [0.717, 1.165) is 28.0 Å². The van der Waals surface area contributed by atoms with Crippen molar-refractivity contribution in [1.82, 2.24) is 19.5 Å². The van der Waals surface area contributed by atoms with Crippen LogP contribution < -0.4 is 15.2 Å². The van der Waals surface area contributed by atoms with Gasteiger partial charge in [-0.1, -0.05) is 0 Å². The van der Waals surface area contributed by atoms with Crippen molar-refractivity contribution in [2.75, 3.05) is 18.9 Å². The lowest BCUT2D eigenvalue weighted by molar-refractivity contribution is -0.765. The van der Waals surface area contributed by atoms with Gasteiger partial charge < -0.3 is 59.7 Å². The third kappa shape index (κ3) is 8.12. The predicted molar refractivity (Wildman–Crippen MR) is 147 cm³/mol. The summed E-state index contributed by atoms with van der Waals surface area (Å²) in [6.45, 7) is -2.16. The maximum Gasteiger partial charge on any atom is 0.478 e. The van der Waals surface area contributed by atoms with Gasteiger partial charge >= 0.3 is 21.6 Å². The fourth-order valence-electron chi connectivity index (χ4n) is 4.80. The molecule has 9 N–H and O–H groups in total. The van der Waals surface area contributed by atoms with Gasteiger partial charge in [-0.15, -0.1) is 0 Å². The number of aromatic carboxylic acids is 1. The Morgan fingerprint density at radius 3 is 2.40 bits per heavy atom. The number of ether oxygens (including phenoxy) is 2. The number of pyridine rings is 1. The Morgan fingerprint density at radius 1 is 1.02 bits per heavy atom. The molecule has 5 rings (SSSR count). The van der Waals surface area contributed by atoms with Gasteiger partial charge in [0.2, 0.25) is 0 Å². The third-order valence-corrected chi connectivity index (χ3v) is 10.0. The fourth-order valence-corrected chi connectivity index (χ4v) is 7.40. The zero-order valence-electron chi connectivity index (χ0n) is 23.8. The summed E-state index contributed by atoms with van der Waals surface area (Å²) >= 11 is 0. The monoisotopic (exact) mass is 744 g/mol. The van der Waals surface area contributed by atoms with Gasteiger partial charge in [0, 0.05) is 6.07 Å². The number of carbonyl (C=O) groups is 1. The van der Waals surface area contributed by atoms with Gasteiger partial charge in [0.05, 0.1) is 19.5 Å². The highest BCUT2D eigenvalue weighted by atomic mass is 31.3. The van der Waals surface area contributed by atoms with E-state index < -0.39 is 91.7 Å². The van der Waals surface area contributed by atoms with Crippen LogP contribution in [0.25, 0.3) is 11.2 Å². The van der Waals surface area contributed by atoms with Gasteiger partial charge in [-0.3, -0.25) is 18.2 Å². The minimum Gasteiger partial charge on any atom is -0.756 e. The number of phosphoric ester groups is 3. The van der Waals surface area contributed by atoms with E-state index in [1.54, 1.807) is 0 Å². The van der Waals surface area contributed by atoms with Crippen LogP contribution in [0.4, 0.5) is 5.82 Å². The lowest BCUT2D eigenvalue weighted by Crippen LogP contribution is -2.46. The van der Waals surface area contributed by atoms with Crippen LogP contribution in [0.15, 0.2) is 37.2 Å². The SMILES string of the molecule is Nc1ncnc2c1ncn2[C@@H]1O[C@H](COP(=O)([O-])OP(=O)(O)OCC2O[C@H]([n+]3cccc(C(=O)O)c3)[C@@H](O)[C@H]2O)[C@@H](O)[C@H]1OP(=O)(O)O. The second-order valence-electron chi connectivity index (χ2n) is 10.2. The number of nitrogen functional groups attached to an aromatic ring is 1. The number of hydrogen-bond donors (Lipinski definition) is 8. The average molecular weight is 744 g/mol. The van der Waals surface area contributed by atoms with E-state index in [-0.39, 0.29) is 22.5 Å². The Bertz CT molecular complexity index is 1810. The third-order valence-electron chi connectivity index (χ3n) is 6.94. The summed E-state index contributed by atoms with van der Waals surface area (Å²) in [6, 6.07) is 2.57. The number of carboxylic acids is 1. The van der Waals surface area contributed by atoms with Gasteiger partial charge in [0.25, 0.3) is 14.1 Å². The van der Waals surface area contributed by atoms with Crippen molar-refractivity contribution in [2.45, 2.75) is 49.1 Å². The molecule has 24 nitrogen and oxygen atoms in total. The van der Waals surface area contributed by atoms with E-state index in [9.17, 15) is 53.4 Å². The Hall–Kier alpha value is -2.86. The molecule has 2 saturated heterocycles. The molecule has 264 valence electrons. The van der Waals surface area contributed by atoms with Crippen molar-refractivity contribution < 1.29 is 90.4 Å². The van der Waals surface area contributed by atoms with Crippen LogP contribution in [0.2, 0.25) is 0 Å². The normalized spacial score (nSPS) is 30.3. The Morgan fingerprint density at radius 2 is 1.71 bits per heavy atom. The molecule has 3 unspecified atom stereocenters. The number of nitrogens with zero attached hydrogens (tertiary/aromatic N) is 5. The summed E-state index contributed by atoms with van der Waals surface area (Å²) in [5.74, 6) is -1.37. The highest BCUT2D eigenvalue weighted by Crippen LogP contribution is 2.58. The van der Waals surface area contributed by atoms with E-state index in [0.29, 0.717) is 0 Å². The van der Waals surface area contributed by atoms with Crippen LogP contribution >= 0.6 is 23.5 Å². The summed E-state index contributed by atoms with van der Waals surface area (Å²) in [5, 5.41) is 40.6. The first kappa shape index (κ1) is 36.4. The van der Waals surface area contributed by atoms with Gasteiger partial charge in [-0.25, -0.2) is 33.2 Å². The summed E-state index contributed by atoms with van der Waals surface area (Å²) in [5.41, 5.74) is 5.59. The van der Waals surface area contributed by atoms with Crippen LogP contribution in [-0.4, -0.2) is 110 Å². The lowest BCUT2D eigenvalue weighted by atomic mass is 10.1. The zero-order chi connectivity index (χ0) is 35.2. The van der Waals surface area contributed by atoms with Crippen LogP contribution in [0, 0.1) is 0 Å². The lowest BCUT2D eigenvalue weighted by Gasteiger charge is -2.26. The maximum atomic E-state index is 12.4. The van der Waals surface area contributed by atoms with E-state index in [4.69, 9.17) is 20.3 Å². The second-order valence-corrected chi connectivity index (χ2v) is 14.4. The number of hydrogen-bond acceptors (Lipinski definition) is 18. The van der Waals surface area contributed by atoms with E-state index in [1.807, 2.05) is 0 Å². The number of rotatable bonds is 13. The van der Waals surface area contributed by atoms with Crippen molar-refractivity contribution >= 4 is 46.4 Å². The van der Waals surface area contributed by atoms with E-state index >= 15 is 0 Å². The largest absolute Gasteiger partial charge is 0.756 e. The molecule has 5 heterocycles. The minimum atomic E-state index is -5.79. The molecule has 0 saturated carbocycles. The number of fused-ring (bicyclic) bond motifs is 1. The summed E-state index contributed by atoms with van der Waals surface area (Å²) < 4.78 is 67.7. The smallest absolute Gasteiger partial charge is 0.478 e. The van der Waals surface area contributed by atoms with E-state index in [1.165, 1.54) is 18.3 Å². The fraction of sp³-hybridized carbons (Fsp3) is 0.476. The topological polar surface area (TPSA) is 362 Å². The van der Waals surface area contributed by atoms with Crippen molar-refractivity contribution in [3.05, 3.63) is 42.7 Å². The molecule has 0 bridgehead atoms. The molecule has 2 aliphatic heterocycles. The molecule has 0 radical (unpaired) electrons. The maximum absolute atomic E-state index is 12.4. The van der Waals surface area contributed by atoms with Gasteiger partial charge in [-0.05, 0) is 6.07 Å². The van der Waals surface area contributed by atoms with Crippen LogP contribution in [0.3, 0.4) is 0 Å². The predicted octanol–water partition coefficient (Wildman–Crippen LogP) is -2.93. The molecule has 2 aliphatic rings. The first-order chi connectivity index (χ1) is 22.4. The molecule has 3 aromatic heterocycles. The van der Waals surface area contributed by atoms with Gasteiger partial charge in [0.15, 0.2) is 36.2 Å². The highest BCUT2D eigenvalue weighted by Gasteiger charge is 2.51. The molecule has 10 atom stereocenters. The van der Waals surface area contributed by atoms with Crippen LogP contribution in [-0.2, 0) is 41.1 Å². The standard InChI is InChI=1S/C21H27N6O18P3/c22-17-12-18(24-7-23-17)27(8-25-12)20-16(44-46(33,34)35)14(29)11(43-20)6-41-48(38,39)45-47(36,37)40-5-10-13(28)15(30)19(42-10)26-3-1-2-9(4-26)21(31)32/h1-4,7-8,10-11,13-16,19-20,28-30H,5-6H2,(H6-,22,23,24,31,32,33,34,35,36,37,38,39)/t10?,11-,13+,14-,15+,16-,19+,20-/m1/s1. The van der Waals surface area contributed by atoms with Gasteiger partial charge in [0.1, 0.15) is 47.9 Å². The number of imidazole rings is 1. The molecule has 48 heavy (non-hydrogen) atoms. The number of aliphatic hydroxyl groups excluding tert-OH is 3. The first-order valence-corrected chi connectivity index (χ1v) is 17.7. The summed E-state index contributed by atoms with van der Waals surface area (Å²) in [6.07, 6.45) is -8.97. The quantitative estimate of drug-likeness (QED) is 0.0641.